The molecule has 0 unspecified atom stereocenters. The highest BCUT2D eigenvalue weighted by molar-refractivity contribution is 8.00. The average Bonchev–Trinajstić information content (AvgIpc) is 2.88. The second kappa shape index (κ2) is 2.77. The molecule has 0 bridgehead atoms. The fourth-order valence-corrected chi connectivity index (χ4v) is 2.40. The summed E-state index contributed by atoms with van der Waals surface area (Å²) in [6.07, 6.45) is 6.72. The Bertz CT molecular complexity index is 431. The summed E-state index contributed by atoms with van der Waals surface area (Å²) in [5.41, 5.74) is 1.19. The molecular weight excluding hydrogens is 180 g/mol. The van der Waals surface area contributed by atoms with E-state index in [1.807, 2.05) is 30.1 Å². The van der Waals surface area contributed by atoms with Gasteiger partial charge in [-0.05, 0) is 25.0 Å². The van der Waals surface area contributed by atoms with E-state index >= 15 is 0 Å². The molecule has 13 heavy (non-hydrogen) atoms. The number of fused-ring (bicyclic) bond motifs is 1. The lowest BCUT2D eigenvalue weighted by atomic mass is 10.4. The summed E-state index contributed by atoms with van der Waals surface area (Å²) in [4.78, 5) is 4.40. The van der Waals surface area contributed by atoms with Crippen LogP contribution in [0.3, 0.4) is 0 Å². The molecule has 3 rings (SSSR count). The molecule has 1 saturated carbocycles. The zero-order valence-corrected chi connectivity index (χ0v) is 8.00. The number of rotatable bonds is 2. The van der Waals surface area contributed by atoms with Crippen molar-refractivity contribution >= 4 is 17.3 Å². The maximum Gasteiger partial charge on any atom is 0.172 e. The minimum atomic E-state index is 0.825. The minimum absolute atomic E-state index is 0.825. The molecule has 0 atom stereocenters. The maximum absolute atomic E-state index is 4.40. The van der Waals surface area contributed by atoms with Gasteiger partial charge in [-0.15, -0.1) is 0 Å². The molecule has 1 aliphatic carbocycles. The quantitative estimate of drug-likeness (QED) is 0.724. The molecule has 1 aliphatic rings. The molecule has 1 fully saturated rings. The molecule has 0 saturated heterocycles. The van der Waals surface area contributed by atoms with Gasteiger partial charge in [-0.25, -0.2) is 4.98 Å². The van der Waals surface area contributed by atoms with Gasteiger partial charge < -0.3 is 0 Å². The van der Waals surface area contributed by atoms with E-state index in [-0.39, 0.29) is 0 Å². The van der Waals surface area contributed by atoms with Gasteiger partial charge in [-0.2, -0.15) is 0 Å². The monoisotopic (exact) mass is 190 g/mol. The Morgan fingerprint density at radius 1 is 1.38 bits per heavy atom. The standard InChI is InChI=1S/C10H10N2S/c1-2-6-12-8(3-1)7-11-10(12)13-9-4-5-9/h1-3,6-7,9H,4-5H2. The van der Waals surface area contributed by atoms with Crippen LogP contribution < -0.4 is 0 Å². The van der Waals surface area contributed by atoms with Gasteiger partial charge in [0, 0.05) is 11.4 Å². The molecule has 2 nitrogen and oxygen atoms in total. The van der Waals surface area contributed by atoms with Gasteiger partial charge in [0.25, 0.3) is 0 Å². The fraction of sp³-hybridized carbons (Fsp3) is 0.300. The van der Waals surface area contributed by atoms with E-state index in [0.29, 0.717) is 0 Å². The Balaban J connectivity index is 2.06. The van der Waals surface area contributed by atoms with E-state index < -0.39 is 0 Å². The van der Waals surface area contributed by atoms with Crippen molar-refractivity contribution in [3.05, 3.63) is 30.6 Å². The van der Waals surface area contributed by atoms with Crippen LogP contribution >= 0.6 is 11.8 Å². The van der Waals surface area contributed by atoms with Crippen molar-refractivity contribution in [2.24, 2.45) is 0 Å². The Labute approximate surface area is 81.0 Å². The van der Waals surface area contributed by atoms with Crippen molar-refractivity contribution in [2.45, 2.75) is 23.2 Å². The molecule has 2 aromatic rings. The van der Waals surface area contributed by atoms with Gasteiger partial charge in [-0.3, -0.25) is 4.40 Å². The Hall–Kier alpha value is -0.960. The van der Waals surface area contributed by atoms with Crippen LogP contribution in [-0.4, -0.2) is 14.6 Å². The third kappa shape index (κ3) is 1.33. The van der Waals surface area contributed by atoms with Crippen molar-refractivity contribution < 1.29 is 0 Å². The second-order valence-electron chi connectivity index (χ2n) is 3.35. The van der Waals surface area contributed by atoms with Crippen LogP contribution in [0.1, 0.15) is 12.8 Å². The number of aromatic nitrogens is 2. The summed E-state index contributed by atoms with van der Waals surface area (Å²) in [6, 6.07) is 6.18. The summed E-state index contributed by atoms with van der Waals surface area (Å²) in [7, 11) is 0. The van der Waals surface area contributed by atoms with E-state index in [9.17, 15) is 0 Å². The summed E-state index contributed by atoms with van der Waals surface area (Å²) in [5, 5.41) is 1.96. The first kappa shape index (κ1) is 7.44. The van der Waals surface area contributed by atoms with Gasteiger partial charge in [-0.1, -0.05) is 17.8 Å². The Kier molecular flexibility index (Phi) is 1.59. The smallest absolute Gasteiger partial charge is 0.172 e. The number of imidazole rings is 1. The molecule has 66 valence electrons. The number of hydrogen-bond donors (Lipinski definition) is 0. The van der Waals surface area contributed by atoms with Crippen molar-refractivity contribution in [2.75, 3.05) is 0 Å². The maximum atomic E-state index is 4.40. The summed E-state index contributed by atoms with van der Waals surface area (Å²) in [5.74, 6) is 0. The second-order valence-corrected chi connectivity index (χ2v) is 4.62. The van der Waals surface area contributed by atoms with Crippen molar-refractivity contribution in [3.8, 4) is 0 Å². The SMILES string of the molecule is c1ccn2c(SC3CC3)ncc2c1. The number of hydrogen-bond acceptors (Lipinski definition) is 2. The highest BCUT2D eigenvalue weighted by atomic mass is 32.2. The lowest BCUT2D eigenvalue weighted by Gasteiger charge is -1.97. The number of pyridine rings is 1. The predicted molar refractivity (Wildman–Crippen MR) is 54.1 cm³/mol. The summed E-state index contributed by atoms with van der Waals surface area (Å²) < 4.78 is 2.16. The van der Waals surface area contributed by atoms with E-state index in [0.717, 1.165) is 10.4 Å². The predicted octanol–water partition coefficient (Wildman–Crippen LogP) is 2.59. The molecule has 0 amide bonds. The first-order chi connectivity index (χ1) is 6.43. The van der Waals surface area contributed by atoms with Gasteiger partial charge >= 0.3 is 0 Å². The van der Waals surface area contributed by atoms with Crippen molar-refractivity contribution in [1.82, 2.24) is 9.38 Å². The van der Waals surface area contributed by atoms with Crippen molar-refractivity contribution in [3.63, 3.8) is 0 Å². The van der Waals surface area contributed by atoms with Gasteiger partial charge in [0.1, 0.15) is 0 Å². The summed E-state index contributed by atoms with van der Waals surface area (Å²) in [6.45, 7) is 0. The number of nitrogens with zero attached hydrogens (tertiary/aromatic N) is 2. The van der Waals surface area contributed by atoms with Gasteiger partial charge in [0.15, 0.2) is 5.16 Å². The highest BCUT2D eigenvalue weighted by Gasteiger charge is 2.24. The average molecular weight is 190 g/mol. The largest absolute Gasteiger partial charge is 0.295 e. The van der Waals surface area contributed by atoms with E-state index in [1.165, 1.54) is 18.4 Å². The van der Waals surface area contributed by atoms with Gasteiger partial charge in [0.2, 0.25) is 0 Å². The normalized spacial score (nSPS) is 16.6. The van der Waals surface area contributed by atoms with Crippen molar-refractivity contribution in [1.29, 1.82) is 0 Å². The van der Waals surface area contributed by atoms with Gasteiger partial charge in [0.05, 0.1) is 11.7 Å². The van der Waals surface area contributed by atoms with Crippen LogP contribution in [-0.2, 0) is 0 Å². The Morgan fingerprint density at radius 2 is 2.31 bits per heavy atom. The Morgan fingerprint density at radius 3 is 3.15 bits per heavy atom. The zero-order valence-electron chi connectivity index (χ0n) is 7.18. The fourth-order valence-electron chi connectivity index (χ4n) is 1.34. The molecule has 0 aromatic carbocycles. The first-order valence-electron chi connectivity index (χ1n) is 4.52. The lowest BCUT2D eigenvalue weighted by Crippen LogP contribution is -1.86. The van der Waals surface area contributed by atoms with Crippen LogP contribution in [0.15, 0.2) is 35.7 Å². The molecular formula is C10H10N2S. The summed E-state index contributed by atoms with van der Waals surface area (Å²) >= 11 is 1.90. The molecule has 0 radical (unpaired) electrons. The molecule has 0 aliphatic heterocycles. The van der Waals surface area contributed by atoms with Crippen LogP contribution in [0.4, 0.5) is 0 Å². The first-order valence-corrected chi connectivity index (χ1v) is 5.40. The minimum Gasteiger partial charge on any atom is -0.295 e. The topological polar surface area (TPSA) is 17.3 Å². The van der Waals surface area contributed by atoms with E-state index in [2.05, 4.69) is 21.6 Å². The molecule has 2 heterocycles. The van der Waals surface area contributed by atoms with E-state index in [4.69, 9.17) is 0 Å². The van der Waals surface area contributed by atoms with Crippen LogP contribution in [0.5, 0.6) is 0 Å². The lowest BCUT2D eigenvalue weighted by molar-refractivity contribution is 0.957. The molecule has 2 aromatic heterocycles. The third-order valence-corrected chi connectivity index (χ3v) is 3.52. The van der Waals surface area contributed by atoms with Crippen LogP contribution in [0.25, 0.3) is 5.52 Å². The highest BCUT2D eigenvalue weighted by Crippen LogP contribution is 2.38. The zero-order chi connectivity index (χ0) is 8.67. The molecule has 3 heteroatoms. The number of thioether (sulfide) groups is 1. The van der Waals surface area contributed by atoms with Crippen LogP contribution in [0.2, 0.25) is 0 Å². The molecule has 0 spiro atoms. The third-order valence-electron chi connectivity index (χ3n) is 2.20. The van der Waals surface area contributed by atoms with E-state index in [1.54, 1.807) is 0 Å². The molecule has 0 N–H and O–H groups in total. The van der Waals surface area contributed by atoms with Crippen LogP contribution in [0, 0.1) is 0 Å².